The second kappa shape index (κ2) is 8.33. The van der Waals surface area contributed by atoms with E-state index >= 15 is 0 Å². The van der Waals surface area contributed by atoms with E-state index in [2.05, 4.69) is 10.0 Å². The van der Waals surface area contributed by atoms with Crippen LogP contribution in [-0.2, 0) is 21.2 Å². The lowest BCUT2D eigenvalue weighted by molar-refractivity contribution is -0.117. The van der Waals surface area contributed by atoms with Crippen molar-refractivity contribution in [3.8, 4) is 5.75 Å². The van der Waals surface area contributed by atoms with Gasteiger partial charge in [-0.15, -0.1) is 0 Å². The van der Waals surface area contributed by atoms with Gasteiger partial charge in [0.25, 0.3) is 0 Å². The lowest BCUT2D eigenvalue weighted by Gasteiger charge is -2.17. The second-order valence-corrected chi connectivity index (χ2v) is 7.68. The largest absolute Gasteiger partial charge is 0.497 e. The number of amides is 1. The topological polar surface area (TPSA) is 84.5 Å². The van der Waals surface area contributed by atoms with Gasteiger partial charge in [-0.25, -0.2) is 8.42 Å². The van der Waals surface area contributed by atoms with Crippen molar-refractivity contribution in [3.05, 3.63) is 53.6 Å². The minimum Gasteiger partial charge on any atom is -0.497 e. The number of anilines is 1. The van der Waals surface area contributed by atoms with Gasteiger partial charge in [0.05, 0.1) is 18.0 Å². The molecule has 0 aliphatic heterocycles. The number of methoxy groups -OCH3 is 1. The van der Waals surface area contributed by atoms with Crippen molar-refractivity contribution in [2.45, 2.75) is 38.1 Å². The number of nitrogens with one attached hydrogen (secondary N) is 2. The normalized spacial score (nSPS) is 12.5. The van der Waals surface area contributed by atoms with Crippen LogP contribution < -0.4 is 14.8 Å². The van der Waals surface area contributed by atoms with Crippen LogP contribution in [0.25, 0.3) is 0 Å². The summed E-state index contributed by atoms with van der Waals surface area (Å²) in [6.45, 7) is 5.42. The van der Waals surface area contributed by atoms with Crippen molar-refractivity contribution < 1.29 is 17.9 Å². The van der Waals surface area contributed by atoms with Gasteiger partial charge in [-0.2, -0.15) is 4.72 Å². The molecule has 0 bridgehead atoms. The molecule has 0 aliphatic carbocycles. The Hall–Kier alpha value is -2.38. The van der Waals surface area contributed by atoms with E-state index in [0.717, 1.165) is 23.2 Å². The van der Waals surface area contributed by atoms with E-state index in [0.29, 0.717) is 5.75 Å². The highest BCUT2D eigenvalue weighted by atomic mass is 32.2. The molecule has 0 unspecified atom stereocenters. The van der Waals surface area contributed by atoms with E-state index in [1.54, 1.807) is 12.1 Å². The molecule has 0 heterocycles. The maximum Gasteiger partial charge on any atom is 0.242 e. The molecule has 6 nitrogen and oxygen atoms in total. The monoisotopic (exact) mass is 376 g/mol. The molecular formula is C19H24N2O4S. The van der Waals surface area contributed by atoms with E-state index in [-0.39, 0.29) is 4.90 Å². The Morgan fingerprint density at radius 3 is 2.38 bits per heavy atom. The van der Waals surface area contributed by atoms with Crippen LogP contribution >= 0.6 is 0 Å². The fraction of sp³-hybridized carbons (Fsp3) is 0.316. The first-order chi connectivity index (χ1) is 12.3. The summed E-state index contributed by atoms with van der Waals surface area (Å²) in [7, 11) is -2.31. The molecule has 0 spiro atoms. The molecule has 0 fully saturated rings. The lowest BCUT2D eigenvalue weighted by Crippen LogP contribution is -2.41. The van der Waals surface area contributed by atoms with Crippen LogP contribution in [-0.4, -0.2) is 27.5 Å². The molecule has 7 heteroatoms. The number of rotatable bonds is 7. The van der Waals surface area contributed by atoms with Crippen molar-refractivity contribution in [2.75, 3.05) is 12.4 Å². The third kappa shape index (κ3) is 4.62. The number of carbonyl (C=O) groups is 1. The highest BCUT2D eigenvalue weighted by molar-refractivity contribution is 7.89. The zero-order valence-electron chi connectivity index (χ0n) is 15.4. The van der Waals surface area contributed by atoms with E-state index in [1.165, 1.54) is 26.2 Å². The average Bonchev–Trinajstić information content (AvgIpc) is 2.62. The fourth-order valence-electron chi connectivity index (χ4n) is 2.54. The van der Waals surface area contributed by atoms with E-state index in [4.69, 9.17) is 4.74 Å². The maximum absolute atomic E-state index is 12.5. The van der Waals surface area contributed by atoms with Gasteiger partial charge in [0, 0.05) is 5.69 Å². The maximum atomic E-state index is 12.5. The average molecular weight is 376 g/mol. The summed E-state index contributed by atoms with van der Waals surface area (Å²) in [5, 5.41) is 2.84. The molecule has 0 radical (unpaired) electrons. The van der Waals surface area contributed by atoms with E-state index < -0.39 is 22.0 Å². The summed E-state index contributed by atoms with van der Waals surface area (Å²) in [6.07, 6.45) is 0.767. The Bertz CT molecular complexity index is 877. The Kier molecular flexibility index (Phi) is 6.39. The van der Waals surface area contributed by atoms with Crippen LogP contribution in [0.2, 0.25) is 0 Å². The molecule has 0 aromatic heterocycles. The predicted octanol–water partition coefficient (Wildman–Crippen LogP) is 2.87. The van der Waals surface area contributed by atoms with Crippen LogP contribution in [0.5, 0.6) is 5.75 Å². The SMILES string of the molecule is CCc1cccc(C)c1NC(=O)[C@@H](C)NS(=O)(=O)c1ccc(OC)cc1. The van der Waals surface area contributed by atoms with Gasteiger partial charge in [-0.05, 0) is 55.7 Å². The fourth-order valence-corrected chi connectivity index (χ4v) is 3.75. The minimum atomic E-state index is -3.81. The molecule has 1 amide bonds. The van der Waals surface area contributed by atoms with E-state index in [1.807, 2.05) is 32.0 Å². The van der Waals surface area contributed by atoms with Crippen molar-refractivity contribution >= 4 is 21.6 Å². The lowest BCUT2D eigenvalue weighted by atomic mass is 10.1. The number of benzene rings is 2. The number of ether oxygens (including phenoxy) is 1. The first kappa shape index (κ1) is 19.9. The van der Waals surface area contributed by atoms with Gasteiger partial charge in [0.15, 0.2) is 0 Å². The van der Waals surface area contributed by atoms with Gasteiger partial charge in [0.1, 0.15) is 5.75 Å². The van der Waals surface area contributed by atoms with Crippen molar-refractivity contribution in [1.29, 1.82) is 0 Å². The summed E-state index contributed by atoms with van der Waals surface area (Å²) in [4.78, 5) is 12.6. The highest BCUT2D eigenvalue weighted by Crippen LogP contribution is 2.21. The Morgan fingerprint density at radius 1 is 1.15 bits per heavy atom. The smallest absolute Gasteiger partial charge is 0.242 e. The number of carbonyl (C=O) groups excluding carboxylic acids is 1. The standard InChI is InChI=1S/C19H24N2O4S/c1-5-15-8-6-7-13(2)18(15)20-19(22)14(3)21-26(23,24)17-11-9-16(25-4)10-12-17/h6-12,14,21H,5H2,1-4H3,(H,20,22)/t14-/m1/s1. The van der Waals surface area contributed by atoms with Gasteiger partial charge in [-0.1, -0.05) is 25.1 Å². The second-order valence-electron chi connectivity index (χ2n) is 5.97. The first-order valence-electron chi connectivity index (χ1n) is 8.34. The first-order valence-corrected chi connectivity index (χ1v) is 9.82. The van der Waals surface area contributed by atoms with Crippen LogP contribution in [0.1, 0.15) is 25.0 Å². The molecule has 140 valence electrons. The van der Waals surface area contributed by atoms with Crippen LogP contribution in [0.4, 0.5) is 5.69 Å². The van der Waals surface area contributed by atoms with Gasteiger partial charge in [0.2, 0.25) is 15.9 Å². The number of sulfonamides is 1. The number of para-hydroxylation sites is 1. The number of hydrogen-bond acceptors (Lipinski definition) is 4. The van der Waals surface area contributed by atoms with Crippen molar-refractivity contribution in [2.24, 2.45) is 0 Å². The van der Waals surface area contributed by atoms with Gasteiger partial charge in [-0.3, -0.25) is 4.79 Å². The highest BCUT2D eigenvalue weighted by Gasteiger charge is 2.23. The molecule has 0 saturated carbocycles. The van der Waals surface area contributed by atoms with Crippen LogP contribution in [0.3, 0.4) is 0 Å². The summed E-state index contributed by atoms with van der Waals surface area (Å²) in [5.74, 6) is 0.146. The zero-order valence-corrected chi connectivity index (χ0v) is 16.2. The minimum absolute atomic E-state index is 0.0723. The number of aryl methyl sites for hydroxylation is 2. The summed E-state index contributed by atoms with van der Waals surface area (Å²) in [6, 6.07) is 10.8. The summed E-state index contributed by atoms with van der Waals surface area (Å²) in [5.41, 5.74) is 2.67. The van der Waals surface area contributed by atoms with Crippen LogP contribution in [0.15, 0.2) is 47.4 Å². The molecule has 1 atom stereocenters. The van der Waals surface area contributed by atoms with Crippen molar-refractivity contribution in [1.82, 2.24) is 4.72 Å². The molecule has 0 aliphatic rings. The molecule has 0 saturated heterocycles. The van der Waals surface area contributed by atoms with Crippen LogP contribution in [0, 0.1) is 6.92 Å². The zero-order chi connectivity index (χ0) is 19.3. The molecule has 26 heavy (non-hydrogen) atoms. The summed E-state index contributed by atoms with van der Waals surface area (Å²) >= 11 is 0. The van der Waals surface area contributed by atoms with E-state index in [9.17, 15) is 13.2 Å². The molecule has 2 rings (SSSR count). The summed E-state index contributed by atoms with van der Waals surface area (Å²) < 4.78 is 32.3. The molecular weight excluding hydrogens is 352 g/mol. The predicted molar refractivity (Wildman–Crippen MR) is 102 cm³/mol. The Balaban J connectivity index is 2.13. The van der Waals surface area contributed by atoms with Gasteiger partial charge < -0.3 is 10.1 Å². The Morgan fingerprint density at radius 2 is 1.81 bits per heavy atom. The molecule has 2 N–H and O–H groups in total. The number of hydrogen-bond donors (Lipinski definition) is 2. The molecule has 2 aromatic rings. The van der Waals surface area contributed by atoms with Crippen molar-refractivity contribution in [3.63, 3.8) is 0 Å². The molecule has 2 aromatic carbocycles. The van der Waals surface area contributed by atoms with Gasteiger partial charge >= 0.3 is 0 Å². The Labute approximate surface area is 154 Å². The third-order valence-corrected chi connectivity index (χ3v) is 5.64. The quantitative estimate of drug-likeness (QED) is 0.778. The third-order valence-electron chi connectivity index (χ3n) is 4.08.